The Morgan fingerprint density at radius 3 is 2.27 bits per heavy atom. The van der Waals surface area contributed by atoms with Crippen LogP contribution in [0.1, 0.15) is 26.3 Å². The molecule has 236 valence electrons. The van der Waals surface area contributed by atoms with Crippen molar-refractivity contribution in [1.29, 1.82) is 0 Å². The highest BCUT2D eigenvalue weighted by molar-refractivity contribution is 5.74. The first-order valence-electron chi connectivity index (χ1n) is 14.9. The van der Waals surface area contributed by atoms with Gasteiger partial charge >= 0.3 is 6.09 Å². The number of ether oxygens (including phenoxy) is 3. The van der Waals surface area contributed by atoms with E-state index in [4.69, 9.17) is 19.9 Å². The van der Waals surface area contributed by atoms with Crippen LogP contribution in [0.5, 0.6) is 5.75 Å². The molecule has 2 aromatic carbocycles. The Balaban J connectivity index is 1.16. The monoisotopic (exact) mass is 607 g/mol. The first-order valence-corrected chi connectivity index (χ1v) is 14.9. The molecule has 3 aromatic rings. The van der Waals surface area contributed by atoms with Crippen LogP contribution in [0.2, 0.25) is 0 Å². The molecule has 0 atom stereocenters. The third-order valence-corrected chi connectivity index (χ3v) is 7.70. The maximum Gasteiger partial charge on any atom is 0.410 e. The lowest BCUT2D eigenvalue weighted by Crippen LogP contribution is -2.50. The fraction of sp³-hybridized carbons (Fsp3) is 0.469. The first-order chi connectivity index (χ1) is 21.1. The molecule has 11 nitrogen and oxygen atoms in total. The van der Waals surface area contributed by atoms with Crippen molar-refractivity contribution in [3.8, 4) is 17.0 Å². The van der Waals surface area contributed by atoms with Crippen LogP contribution in [0.4, 0.5) is 26.4 Å². The van der Waals surface area contributed by atoms with Crippen molar-refractivity contribution in [2.45, 2.75) is 32.9 Å². The molecule has 2 aliphatic heterocycles. The summed E-state index contributed by atoms with van der Waals surface area (Å²) in [6.45, 7) is 11.5. The van der Waals surface area contributed by atoms with Gasteiger partial charge in [-0.25, -0.2) is 9.18 Å². The Hall–Kier alpha value is -4.16. The molecular formula is C32H42FN7O4. The van der Waals surface area contributed by atoms with Crippen molar-refractivity contribution in [1.82, 2.24) is 20.0 Å². The number of para-hydroxylation sites is 1. The fourth-order valence-electron chi connectivity index (χ4n) is 5.47. The van der Waals surface area contributed by atoms with Crippen LogP contribution < -0.4 is 20.3 Å². The second kappa shape index (κ2) is 13.6. The second-order valence-corrected chi connectivity index (χ2v) is 12.1. The first kappa shape index (κ1) is 31.3. The summed E-state index contributed by atoms with van der Waals surface area (Å²) in [5.41, 5.74) is 9.53. The second-order valence-electron chi connectivity index (χ2n) is 12.1. The van der Waals surface area contributed by atoms with Gasteiger partial charge in [-0.05, 0) is 56.7 Å². The molecule has 2 aliphatic rings. The molecule has 1 aromatic heterocycles. The zero-order valence-corrected chi connectivity index (χ0v) is 26.0. The summed E-state index contributed by atoms with van der Waals surface area (Å²) in [6, 6.07) is 15.0. The number of nitrogens with two attached hydrogens (primary N) is 1. The number of benzene rings is 2. The van der Waals surface area contributed by atoms with Crippen LogP contribution in [0, 0.1) is 5.82 Å². The highest BCUT2D eigenvalue weighted by atomic mass is 19.1. The summed E-state index contributed by atoms with van der Waals surface area (Å²) in [5.74, 6) is 0.789. The van der Waals surface area contributed by atoms with Gasteiger partial charge in [-0.2, -0.15) is 0 Å². The highest BCUT2D eigenvalue weighted by Crippen LogP contribution is 2.33. The smallest absolute Gasteiger partial charge is 0.410 e. The molecule has 44 heavy (non-hydrogen) atoms. The van der Waals surface area contributed by atoms with E-state index < -0.39 is 5.60 Å². The molecule has 2 N–H and O–H groups in total. The van der Waals surface area contributed by atoms with E-state index in [1.807, 2.05) is 68.1 Å². The van der Waals surface area contributed by atoms with Gasteiger partial charge in [-0.15, -0.1) is 10.2 Å². The molecular weight excluding hydrogens is 565 g/mol. The van der Waals surface area contributed by atoms with E-state index in [1.54, 1.807) is 18.1 Å². The van der Waals surface area contributed by atoms with Crippen LogP contribution in [0.3, 0.4) is 0 Å². The van der Waals surface area contributed by atoms with Crippen molar-refractivity contribution in [3.05, 3.63) is 59.9 Å². The lowest BCUT2D eigenvalue weighted by molar-refractivity contribution is 0.0240. The summed E-state index contributed by atoms with van der Waals surface area (Å²) in [4.78, 5) is 20.6. The minimum Gasteiger partial charge on any atom is -0.467 e. The van der Waals surface area contributed by atoms with Gasteiger partial charge in [-0.3, -0.25) is 4.90 Å². The van der Waals surface area contributed by atoms with Gasteiger partial charge < -0.3 is 34.6 Å². The number of anilines is 3. The van der Waals surface area contributed by atoms with Gasteiger partial charge in [0.2, 0.25) is 0 Å². The lowest BCUT2D eigenvalue weighted by atomic mass is 10.1. The molecule has 5 rings (SSSR count). The van der Waals surface area contributed by atoms with Gasteiger partial charge in [0.15, 0.2) is 12.6 Å². The van der Waals surface area contributed by atoms with E-state index in [-0.39, 0.29) is 18.7 Å². The topological polar surface area (TPSA) is 110 Å². The Morgan fingerprint density at radius 2 is 1.59 bits per heavy atom. The van der Waals surface area contributed by atoms with E-state index in [1.165, 1.54) is 0 Å². The number of carbonyl (C=O) groups is 1. The van der Waals surface area contributed by atoms with Gasteiger partial charge in [0.25, 0.3) is 0 Å². The minimum absolute atomic E-state index is 0.133. The number of nitrogen functional groups attached to an aromatic ring is 1. The number of nitrogens with zero attached hydrogens (tertiary/aromatic N) is 6. The predicted molar refractivity (Wildman–Crippen MR) is 168 cm³/mol. The van der Waals surface area contributed by atoms with Crippen molar-refractivity contribution >= 4 is 23.3 Å². The van der Waals surface area contributed by atoms with Crippen LogP contribution in [-0.4, -0.2) is 98.0 Å². The van der Waals surface area contributed by atoms with Gasteiger partial charge in [-0.1, -0.05) is 18.2 Å². The number of hydrogen-bond donors (Lipinski definition) is 1. The highest BCUT2D eigenvalue weighted by Gasteiger charge is 2.27. The molecule has 0 aliphatic carbocycles. The molecule has 0 saturated carbocycles. The van der Waals surface area contributed by atoms with Gasteiger partial charge in [0.1, 0.15) is 17.2 Å². The number of hydrogen-bond acceptors (Lipinski definition) is 10. The number of aromatic nitrogens is 2. The average Bonchev–Trinajstić information content (AvgIpc) is 3.00. The van der Waals surface area contributed by atoms with Gasteiger partial charge in [0.05, 0.1) is 17.1 Å². The number of carbonyl (C=O) groups excluding carboxylic acids is 1. The van der Waals surface area contributed by atoms with E-state index in [9.17, 15) is 4.79 Å². The lowest BCUT2D eigenvalue weighted by Gasteiger charge is -2.37. The molecule has 2 saturated heterocycles. The third kappa shape index (κ3) is 7.67. The van der Waals surface area contributed by atoms with E-state index in [0.717, 1.165) is 43.0 Å². The number of piperazine rings is 2. The zero-order chi connectivity index (χ0) is 31.3. The SMILES string of the molecule is COCOc1ccccc1-c1cc(N2CCN(Cc3ccc(N4CCN(C(=O)OC(C)(C)C)CC4)c(F)c3)CC2)c(N)nn1. The van der Waals surface area contributed by atoms with Crippen molar-refractivity contribution in [3.63, 3.8) is 0 Å². The quantitative estimate of drug-likeness (QED) is 0.374. The Kier molecular flexibility index (Phi) is 9.70. The largest absolute Gasteiger partial charge is 0.467 e. The molecule has 0 radical (unpaired) electrons. The predicted octanol–water partition coefficient (Wildman–Crippen LogP) is 4.23. The Bertz CT molecular complexity index is 1430. The minimum atomic E-state index is -0.539. The van der Waals surface area contributed by atoms with Gasteiger partial charge in [0, 0.05) is 71.6 Å². The zero-order valence-electron chi connectivity index (χ0n) is 26.0. The summed E-state index contributed by atoms with van der Waals surface area (Å²) in [5, 5.41) is 8.56. The van der Waals surface area contributed by atoms with E-state index >= 15 is 4.39 Å². The summed E-state index contributed by atoms with van der Waals surface area (Å²) in [6.07, 6.45) is -0.325. The third-order valence-electron chi connectivity index (χ3n) is 7.70. The van der Waals surface area contributed by atoms with Crippen LogP contribution in [0.15, 0.2) is 48.5 Å². The van der Waals surface area contributed by atoms with Crippen molar-refractivity contribution in [2.75, 3.05) is 81.8 Å². The summed E-state index contributed by atoms with van der Waals surface area (Å²) >= 11 is 0. The van der Waals surface area contributed by atoms with Crippen LogP contribution in [-0.2, 0) is 16.0 Å². The van der Waals surface area contributed by atoms with E-state index in [2.05, 4.69) is 20.0 Å². The maximum absolute atomic E-state index is 15.3. The molecule has 2 fully saturated rings. The molecule has 12 heteroatoms. The standard InChI is InChI=1S/C32H42FN7O4/c1-32(2,3)44-31(41)40-17-15-38(16-18-40)27-10-9-23(19-25(27)33)21-37-11-13-39(14-12-37)28-20-26(35-36-30(28)34)24-7-5-6-8-29(24)43-22-42-4/h5-10,19-20H,11-18,21-22H2,1-4H3,(H2,34,36). The average molecular weight is 608 g/mol. The summed E-state index contributed by atoms with van der Waals surface area (Å²) < 4.78 is 31.5. The molecule has 3 heterocycles. The van der Waals surface area contributed by atoms with Crippen LogP contribution in [0.25, 0.3) is 11.3 Å². The molecule has 1 amide bonds. The Morgan fingerprint density at radius 1 is 0.909 bits per heavy atom. The number of rotatable bonds is 8. The maximum atomic E-state index is 15.3. The Labute approximate surface area is 258 Å². The molecule has 0 unspecified atom stereocenters. The van der Waals surface area contributed by atoms with Crippen molar-refractivity contribution < 1.29 is 23.4 Å². The molecule has 0 spiro atoms. The molecule has 0 bridgehead atoms. The van der Waals surface area contributed by atoms with Crippen LogP contribution >= 0.6 is 0 Å². The number of amides is 1. The normalized spacial score (nSPS) is 16.2. The summed E-state index contributed by atoms with van der Waals surface area (Å²) in [7, 11) is 1.58. The number of methoxy groups -OCH3 is 1. The van der Waals surface area contributed by atoms with E-state index in [0.29, 0.717) is 55.7 Å². The number of halogens is 1. The van der Waals surface area contributed by atoms with Crippen molar-refractivity contribution in [2.24, 2.45) is 0 Å². The fourth-order valence-corrected chi connectivity index (χ4v) is 5.47.